The summed E-state index contributed by atoms with van der Waals surface area (Å²) in [6.07, 6.45) is 3.99. The second kappa shape index (κ2) is 8.58. The lowest BCUT2D eigenvalue weighted by molar-refractivity contribution is -0.918. The number of piperidine rings is 1. The number of benzene rings is 2. The van der Waals surface area contributed by atoms with Gasteiger partial charge < -0.3 is 10.2 Å². The zero-order valence-corrected chi connectivity index (χ0v) is 14.7. The molecule has 1 aliphatic heterocycles. The molecule has 0 bridgehead atoms. The van der Waals surface area contributed by atoms with E-state index in [1.165, 1.54) is 56.1 Å². The van der Waals surface area contributed by atoms with Gasteiger partial charge in [0.05, 0.1) is 18.0 Å². The molecule has 1 saturated heterocycles. The number of nitro groups is 1. The van der Waals surface area contributed by atoms with E-state index in [9.17, 15) is 14.9 Å². The highest BCUT2D eigenvalue weighted by atomic mass is 16.6. The van der Waals surface area contributed by atoms with Crippen molar-refractivity contribution in [2.24, 2.45) is 0 Å². The number of likely N-dealkylation sites (tertiary alicyclic amines) is 1. The molecular formula is C20H24N3O3+. The van der Waals surface area contributed by atoms with Crippen LogP contribution in [0.3, 0.4) is 0 Å². The van der Waals surface area contributed by atoms with Gasteiger partial charge in [0.1, 0.15) is 6.54 Å². The summed E-state index contributed by atoms with van der Waals surface area (Å²) < 4.78 is 0. The van der Waals surface area contributed by atoms with Crippen molar-refractivity contribution in [2.75, 3.05) is 13.1 Å². The van der Waals surface area contributed by atoms with Gasteiger partial charge in [-0.05, 0) is 30.9 Å². The number of amides is 1. The van der Waals surface area contributed by atoms with Gasteiger partial charge in [0, 0.05) is 29.8 Å². The third-order valence-corrected chi connectivity index (χ3v) is 4.81. The highest BCUT2D eigenvalue weighted by Gasteiger charge is 2.14. The van der Waals surface area contributed by atoms with Crippen LogP contribution >= 0.6 is 0 Å². The Morgan fingerprint density at radius 3 is 2.42 bits per heavy atom. The Morgan fingerprint density at radius 2 is 1.73 bits per heavy atom. The average Bonchev–Trinajstić information content (AvgIpc) is 2.68. The van der Waals surface area contributed by atoms with E-state index in [0.717, 1.165) is 12.1 Å². The summed E-state index contributed by atoms with van der Waals surface area (Å²) in [6.45, 7) is 3.96. The summed E-state index contributed by atoms with van der Waals surface area (Å²) in [4.78, 5) is 24.1. The number of carbonyl (C=O) groups is 1. The molecule has 1 amide bonds. The first kappa shape index (κ1) is 18.1. The van der Waals surface area contributed by atoms with E-state index in [4.69, 9.17) is 0 Å². The lowest BCUT2D eigenvalue weighted by Gasteiger charge is -2.23. The molecule has 0 aliphatic carbocycles. The summed E-state index contributed by atoms with van der Waals surface area (Å²) >= 11 is 0. The molecule has 0 unspecified atom stereocenters. The molecule has 1 fully saturated rings. The van der Waals surface area contributed by atoms with Gasteiger partial charge in [0.2, 0.25) is 0 Å². The summed E-state index contributed by atoms with van der Waals surface area (Å²) in [6, 6.07) is 14.1. The molecule has 2 aromatic rings. The predicted molar refractivity (Wildman–Crippen MR) is 99.0 cm³/mol. The quantitative estimate of drug-likeness (QED) is 0.616. The Labute approximate surface area is 153 Å². The number of hydrogen-bond acceptors (Lipinski definition) is 3. The summed E-state index contributed by atoms with van der Waals surface area (Å²) in [7, 11) is 0. The maximum Gasteiger partial charge on any atom is 0.270 e. The van der Waals surface area contributed by atoms with Gasteiger partial charge in [-0.2, -0.15) is 0 Å². The zero-order chi connectivity index (χ0) is 18.4. The van der Waals surface area contributed by atoms with Gasteiger partial charge in [-0.15, -0.1) is 0 Å². The highest BCUT2D eigenvalue weighted by Crippen LogP contribution is 2.13. The monoisotopic (exact) mass is 354 g/mol. The van der Waals surface area contributed by atoms with Crippen molar-refractivity contribution in [2.45, 2.75) is 32.4 Å². The normalized spacial score (nSPS) is 14.8. The number of nitrogens with one attached hydrogen (secondary N) is 2. The van der Waals surface area contributed by atoms with Crippen molar-refractivity contribution >= 4 is 11.6 Å². The molecule has 0 atom stereocenters. The van der Waals surface area contributed by atoms with Crippen LogP contribution in [0.5, 0.6) is 0 Å². The van der Waals surface area contributed by atoms with E-state index in [2.05, 4.69) is 17.4 Å². The van der Waals surface area contributed by atoms with Crippen LogP contribution in [-0.2, 0) is 13.1 Å². The third kappa shape index (κ3) is 4.89. The van der Waals surface area contributed by atoms with Gasteiger partial charge in [0.15, 0.2) is 0 Å². The van der Waals surface area contributed by atoms with E-state index in [1.807, 2.05) is 12.1 Å². The van der Waals surface area contributed by atoms with E-state index >= 15 is 0 Å². The standard InChI is InChI=1S/C20H23N3O3/c24-20(18-5-4-6-19(13-18)23(25)26)21-14-16-7-9-17(10-8-16)15-22-11-2-1-3-12-22/h4-10,13H,1-3,11-12,14-15H2,(H,21,24)/p+1. The van der Waals surface area contributed by atoms with Gasteiger partial charge in [-0.3, -0.25) is 14.9 Å². The van der Waals surface area contributed by atoms with E-state index in [1.54, 1.807) is 11.0 Å². The molecule has 2 aromatic carbocycles. The largest absolute Gasteiger partial charge is 0.348 e. The predicted octanol–water partition coefficient (Wildman–Crippen LogP) is 2.09. The molecule has 2 N–H and O–H groups in total. The van der Waals surface area contributed by atoms with Gasteiger partial charge in [-0.25, -0.2) is 0 Å². The number of non-ortho nitro benzene ring substituents is 1. The van der Waals surface area contributed by atoms with Crippen LogP contribution in [-0.4, -0.2) is 23.9 Å². The van der Waals surface area contributed by atoms with Crippen LogP contribution in [0.1, 0.15) is 40.7 Å². The maximum atomic E-state index is 12.2. The number of rotatable bonds is 6. The molecule has 6 nitrogen and oxygen atoms in total. The van der Waals surface area contributed by atoms with Crippen LogP contribution in [0.4, 0.5) is 5.69 Å². The topological polar surface area (TPSA) is 76.7 Å². The van der Waals surface area contributed by atoms with Crippen LogP contribution < -0.4 is 10.2 Å². The zero-order valence-electron chi connectivity index (χ0n) is 14.7. The van der Waals surface area contributed by atoms with Gasteiger partial charge in [-0.1, -0.05) is 30.3 Å². The molecule has 3 rings (SSSR count). The van der Waals surface area contributed by atoms with Gasteiger partial charge in [0.25, 0.3) is 11.6 Å². The number of carbonyl (C=O) groups excluding carboxylic acids is 1. The highest BCUT2D eigenvalue weighted by molar-refractivity contribution is 5.94. The smallest absolute Gasteiger partial charge is 0.270 e. The minimum absolute atomic E-state index is 0.0813. The first-order chi connectivity index (χ1) is 12.6. The minimum atomic E-state index is -0.500. The lowest BCUT2D eigenvalue weighted by Crippen LogP contribution is -3.11. The van der Waals surface area contributed by atoms with Crippen molar-refractivity contribution in [3.05, 3.63) is 75.3 Å². The van der Waals surface area contributed by atoms with Crippen molar-refractivity contribution in [1.29, 1.82) is 0 Å². The molecule has 136 valence electrons. The number of hydrogen-bond donors (Lipinski definition) is 2. The SMILES string of the molecule is O=C(NCc1ccc(C[NH+]2CCCCC2)cc1)c1cccc([N+](=O)[O-])c1. The Bertz CT molecular complexity index is 768. The Kier molecular flexibility index (Phi) is 5.96. The maximum absolute atomic E-state index is 12.2. The molecular weight excluding hydrogens is 330 g/mol. The number of nitro benzene ring substituents is 1. The second-order valence-electron chi connectivity index (χ2n) is 6.79. The first-order valence-electron chi connectivity index (χ1n) is 9.06. The van der Waals surface area contributed by atoms with Crippen molar-refractivity contribution in [1.82, 2.24) is 5.32 Å². The fourth-order valence-corrected chi connectivity index (χ4v) is 3.34. The van der Waals surface area contributed by atoms with Crippen molar-refractivity contribution < 1.29 is 14.6 Å². The Balaban J connectivity index is 1.53. The summed E-state index contributed by atoms with van der Waals surface area (Å²) in [5.74, 6) is -0.310. The molecule has 0 radical (unpaired) electrons. The fraction of sp³-hybridized carbons (Fsp3) is 0.350. The minimum Gasteiger partial charge on any atom is -0.348 e. The first-order valence-corrected chi connectivity index (χ1v) is 9.06. The van der Waals surface area contributed by atoms with E-state index < -0.39 is 4.92 Å². The fourth-order valence-electron chi connectivity index (χ4n) is 3.34. The van der Waals surface area contributed by atoms with Crippen LogP contribution in [0.15, 0.2) is 48.5 Å². The molecule has 1 aliphatic rings. The van der Waals surface area contributed by atoms with Gasteiger partial charge >= 0.3 is 0 Å². The van der Waals surface area contributed by atoms with Crippen LogP contribution in [0.25, 0.3) is 0 Å². The number of nitrogens with zero attached hydrogens (tertiary/aromatic N) is 1. The summed E-state index contributed by atoms with van der Waals surface area (Å²) in [5, 5.41) is 13.6. The average molecular weight is 354 g/mol. The number of quaternary nitrogens is 1. The molecule has 6 heteroatoms. The van der Waals surface area contributed by atoms with Crippen molar-refractivity contribution in [3.63, 3.8) is 0 Å². The van der Waals surface area contributed by atoms with E-state index in [0.29, 0.717) is 12.1 Å². The Hall–Kier alpha value is -2.73. The molecule has 0 spiro atoms. The molecule has 1 heterocycles. The van der Waals surface area contributed by atoms with E-state index in [-0.39, 0.29) is 11.6 Å². The van der Waals surface area contributed by atoms with Crippen LogP contribution in [0.2, 0.25) is 0 Å². The lowest BCUT2D eigenvalue weighted by atomic mass is 10.1. The van der Waals surface area contributed by atoms with Crippen LogP contribution in [0, 0.1) is 10.1 Å². The van der Waals surface area contributed by atoms with Crippen molar-refractivity contribution in [3.8, 4) is 0 Å². The Morgan fingerprint density at radius 1 is 1.04 bits per heavy atom. The molecule has 0 saturated carbocycles. The second-order valence-corrected chi connectivity index (χ2v) is 6.79. The molecule has 26 heavy (non-hydrogen) atoms. The molecule has 0 aromatic heterocycles. The third-order valence-electron chi connectivity index (χ3n) is 4.81. The summed E-state index contributed by atoms with van der Waals surface area (Å²) in [5.41, 5.74) is 2.54.